The first-order valence-corrected chi connectivity index (χ1v) is 6.79. The Bertz CT molecular complexity index is 465. The summed E-state index contributed by atoms with van der Waals surface area (Å²) in [5.41, 5.74) is 0.180. The third-order valence-electron chi connectivity index (χ3n) is 2.43. The fourth-order valence-electron chi connectivity index (χ4n) is 1.46. The number of benzene rings is 1. The molecule has 0 aliphatic carbocycles. The highest BCUT2D eigenvalue weighted by molar-refractivity contribution is 6.32. The normalized spacial score (nSPS) is 12.9. The van der Waals surface area contributed by atoms with Gasteiger partial charge < -0.3 is 14.2 Å². The van der Waals surface area contributed by atoms with Crippen molar-refractivity contribution in [1.82, 2.24) is 0 Å². The predicted octanol–water partition coefficient (Wildman–Crippen LogP) is 3.71. The number of halogens is 1. The monoisotopic (exact) mass is 300 g/mol. The Hall–Kier alpha value is -1.26. The molecule has 112 valence electrons. The van der Waals surface area contributed by atoms with Crippen LogP contribution in [0.15, 0.2) is 18.2 Å². The van der Waals surface area contributed by atoms with Gasteiger partial charge in [-0.05, 0) is 45.9 Å². The van der Waals surface area contributed by atoms with Crippen molar-refractivity contribution in [2.75, 3.05) is 13.7 Å². The molecular formula is C15H21ClO4. The van der Waals surface area contributed by atoms with Crippen LogP contribution in [0.3, 0.4) is 0 Å². The van der Waals surface area contributed by atoms with Gasteiger partial charge in [0, 0.05) is 0 Å². The summed E-state index contributed by atoms with van der Waals surface area (Å²) in [5, 5.41) is 0.371. The van der Waals surface area contributed by atoms with Crippen LogP contribution in [0, 0.1) is 0 Å². The van der Waals surface area contributed by atoms with Gasteiger partial charge in [0.05, 0.1) is 29.9 Å². The molecule has 0 spiro atoms. The molecule has 0 aliphatic heterocycles. The third kappa shape index (κ3) is 5.39. The number of hydrogen-bond donors (Lipinski definition) is 0. The van der Waals surface area contributed by atoms with E-state index < -0.39 is 5.97 Å². The molecule has 0 saturated carbocycles. The van der Waals surface area contributed by atoms with Gasteiger partial charge in [0.1, 0.15) is 11.9 Å². The van der Waals surface area contributed by atoms with Crippen LogP contribution in [0.4, 0.5) is 0 Å². The molecule has 0 N–H and O–H groups in total. The smallest absolute Gasteiger partial charge is 0.337 e. The number of ether oxygens (including phenoxy) is 3. The van der Waals surface area contributed by atoms with Crippen LogP contribution in [0.5, 0.6) is 5.75 Å². The lowest BCUT2D eigenvalue weighted by Gasteiger charge is -2.23. The van der Waals surface area contributed by atoms with E-state index in [-0.39, 0.29) is 11.7 Å². The fourth-order valence-corrected chi connectivity index (χ4v) is 1.68. The third-order valence-corrected chi connectivity index (χ3v) is 2.73. The van der Waals surface area contributed by atoms with Crippen molar-refractivity contribution in [3.8, 4) is 5.75 Å². The lowest BCUT2D eigenvalue weighted by atomic mass is 10.2. The van der Waals surface area contributed by atoms with Crippen LogP contribution in [0.2, 0.25) is 5.02 Å². The van der Waals surface area contributed by atoms with Crippen molar-refractivity contribution < 1.29 is 19.0 Å². The number of esters is 1. The van der Waals surface area contributed by atoms with Gasteiger partial charge in [-0.3, -0.25) is 0 Å². The SMILES string of the molecule is COC(=O)c1ccc(OC(C)COC(C)(C)C)c(Cl)c1. The summed E-state index contributed by atoms with van der Waals surface area (Å²) in [6.45, 7) is 8.31. The minimum Gasteiger partial charge on any atom is -0.487 e. The van der Waals surface area contributed by atoms with Crippen LogP contribution in [0.25, 0.3) is 0 Å². The van der Waals surface area contributed by atoms with Crippen LogP contribution < -0.4 is 4.74 Å². The highest BCUT2D eigenvalue weighted by Gasteiger charge is 2.15. The molecule has 1 atom stereocenters. The molecule has 0 amide bonds. The molecule has 1 rings (SSSR count). The molecule has 0 radical (unpaired) electrons. The van der Waals surface area contributed by atoms with Crippen molar-refractivity contribution in [2.24, 2.45) is 0 Å². The Kier molecular flexibility index (Phi) is 5.84. The van der Waals surface area contributed by atoms with E-state index in [1.807, 2.05) is 27.7 Å². The molecule has 1 aromatic rings. The van der Waals surface area contributed by atoms with Gasteiger partial charge in [-0.25, -0.2) is 4.79 Å². The number of rotatable bonds is 5. The second-order valence-corrected chi connectivity index (χ2v) is 5.90. The van der Waals surface area contributed by atoms with Gasteiger partial charge in [0.15, 0.2) is 0 Å². The zero-order valence-corrected chi connectivity index (χ0v) is 13.3. The molecule has 20 heavy (non-hydrogen) atoms. The zero-order valence-electron chi connectivity index (χ0n) is 12.5. The van der Waals surface area contributed by atoms with Crippen LogP contribution in [0.1, 0.15) is 38.1 Å². The molecular weight excluding hydrogens is 280 g/mol. The van der Waals surface area contributed by atoms with Crippen molar-refractivity contribution in [3.63, 3.8) is 0 Å². The van der Waals surface area contributed by atoms with E-state index in [0.717, 1.165) is 0 Å². The first kappa shape index (κ1) is 16.8. The van der Waals surface area contributed by atoms with E-state index in [1.54, 1.807) is 12.1 Å². The first-order chi connectivity index (χ1) is 9.23. The molecule has 1 unspecified atom stereocenters. The summed E-state index contributed by atoms with van der Waals surface area (Å²) in [6, 6.07) is 4.80. The quantitative estimate of drug-likeness (QED) is 0.778. The molecule has 4 nitrogen and oxygen atoms in total. The Morgan fingerprint density at radius 1 is 1.35 bits per heavy atom. The molecule has 0 heterocycles. The Morgan fingerprint density at radius 2 is 2.00 bits per heavy atom. The zero-order chi connectivity index (χ0) is 15.3. The summed E-state index contributed by atoms with van der Waals surface area (Å²) in [4.78, 5) is 11.4. The van der Waals surface area contributed by atoms with Gasteiger partial charge in [-0.15, -0.1) is 0 Å². The fraction of sp³-hybridized carbons (Fsp3) is 0.533. The molecule has 5 heteroatoms. The topological polar surface area (TPSA) is 44.8 Å². The standard InChI is InChI=1S/C15H21ClO4/c1-10(9-19-15(2,3)4)20-13-7-6-11(8-12(13)16)14(17)18-5/h6-8,10H,9H2,1-5H3. The lowest BCUT2D eigenvalue weighted by Crippen LogP contribution is -2.27. The van der Waals surface area contributed by atoms with E-state index in [0.29, 0.717) is 22.9 Å². The summed E-state index contributed by atoms with van der Waals surface area (Å²) in [7, 11) is 1.33. The van der Waals surface area contributed by atoms with Gasteiger partial charge in [-0.2, -0.15) is 0 Å². The number of carbonyl (C=O) groups excluding carboxylic acids is 1. The summed E-state index contributed by atoms with van der Waals surface area (Å²) in [5.74, 6) is 0.0897. The number of methoxy groups -OCH3 is 1. The van der Waals surface area contributed by atoms with E-state index in [1.165, 1.54) is 13.2 Å². The van der Waals surface area contributed by atoms with E-state index in [2.05, 4.69) is 4.74 Å². The van der Waals surface area contributed by atoms with Crippen LogP contribution >= 0.6 is 11.6 Å². The van der Waals surface area contributed by atoms with Crippen molar-refractivity contribution in [1.29, 1.82) is 0 Å². The largest absolute Gasteiger partial charge is 0.487 e. The molecule has 0 fully saturated rings. The summed E-state index contributed by atoms with van der Waals surface area (Å²) >= 11 is 6.09. The van der Waals surface area contributed by atoms with Crippen LogP contribution in [-0.2, 0) is 9.47 Å². The minimum absolute atomic E-state index is 0.143. The van der Waals surface area contributed by atoms with Gasteiger partial charge in [0.25, 0.3) is 0 Å². The van der Waals surface area contributed by atoms with Gasteiger partial charge in [0.2, 0.25) is 0 Å². The number of hydrogen-bond acceptors (Lipinski definition) is 4. The van der Waals surface area contributed by atoms with Crippen molar-refractivity contribution in [2.45, 2.75) is 39.4 Å². The second kappa shape index (κ2) is 6.95. The average Bonchev–Trinajstić information content (AvgIpc) is 2.37. The Labute approximate surface area is 125 Å². The minimum atomic E-state index is -0.428. The Balaban J connectivity index is 2.66. The maximum atomic E-state index is 11.4. The molecule has 0 aromatic heterocycles. The van der Waals surface area contributed by atoms with Crippen molar-refractivity contribution in [3.05, 3.63) is 28.8 Å². The van der Waals surface area contributed by atoms with E-state index in [9.17, 15) is 4.79 Å². The summed E-state index contributed by atoms with van der Waals surface area (Å²) < 4.78 is 16.0. The highest BCUT2D eigenvalue weighted by atomic mass is 35.5. The lowest BCUT2D eigenvalue weighted by molar-refractivity contribution is -0.0374. The highest BCUT2D eigenvalue weighted by Crippen LogP contribution is 2.27. The second-order valence-electron chi connectivity index (χ2n) is 5.49. The molecule has 0 bridgehead atoms. The Morgan fingerprint density at radius 3 is 2.50 bits per heavy atom. The molecule has 0 aliphatic rings. The maximum absolute atomic E-state index is 11.4. The average molecular weight is 301 g/mol. The number of carbonyl (C=O) groups is 1. The van der Waals surface area contributed by atoms with Gasteiger partial charge in [-0.1, -0.05) is 11.6 Å². The maximum Gasteiger partial charge on any atom is 0.337 e. The van der Waals surface area contributed by atoms with E-state index in [4.69, 9.17) is 21.1 Å². The molecule has 0 saturated heterocycles. The van der Waals surface area contributed by atoms with E-state index >= 15 is 0 Å². The summed E-state index contributed by atoms with van der Waals surface area (Å²) in [6.07, 6.45) is -0.143. The predicted molar refractivity (Wildman–Crippen MR) is 78.6 cm³/mol. The van der Waals surface area contributed by atoms with Crippen LogP contribution in [-0.4, -0.2) is 31.4 Å². The molecule has 1 aromatic carbocycles. The first-order valence-electron chi connectivity index (χ1n) is 6.41. The van der Waals surface area contributed by atoms with Gasteiger partial charge >= 0.3 is 5.97 Å². The van der Waals surface area contributed by atoms with Crippen molar-refractivity contribution >= 4 is 17.6 Å².